The lowest BCUT2D eigenvalue weighted by atomic mass is 9.82. The van der Waals surface area contributed by atoms with E-state index < -0.39 is 0 Å². The van der Waals surface area contributed by atoms with Crippen molar-refractivity contribution in [3.05, 3.63) is 34.4 Å². The number of urea groups is 1. The summed E-state index contributed by atoms with van der Waals surface area (Å²) in [6.07, 6.45) is 2.01. The molecule has 0 bridgehead atoms. The molecule has 176 valence electrons. The Labute approximate surface area is 207 Å². The molecule has 0 saturated carbocycles. The molecule has 1 atom stereocenters. The highest BCUT2D eigenvalue weighted by molar-refractivity contribution is 9.10. The highest BCUT2D eigenvalue weighted by Gasteiger charge is 2.50. The number of rotatable bonds is 5. The molecule has 33 heavy (non-hydrogen) atoms. The minimum absolute atomic E-state index is 0.191. The van der Waals surface area contributed by atoms with E-state index in [1.807, 2.05) is 18.2 Å². The van der Waals surface area contributed by atoms with Crippen LogP contribution >= 0.6 is 39.0 Å². The molecule has 12 heteroatoms. The lowest BCUT2D eigenvalue weighted by molar-refractivity contribution is -0.139. The second kappa shape index (κ2) is 9.90. The van der Waals surface area contributed by atoms with Crippen molar-refractivity contribution in [2.75, 3.05) is 49.3 Å². The normalized spacial score (nSPS) is 19.0. The number of methoxy groups -OCH3 is 1. The average Bonchev–Trinajstić information content (AvgIpc) is 3.51. The van der Waals surface area contributed by atoms with Gasteiger partial charge in [0.1, 0.15) is 0 Å². The zero-order valence-corrected chi connectivity index (χ0v) is 21.3. The Morgan fingerprint density at radius 3 is 2.91 bits per heavy atom. The van der Waals surface area contributed by atoms with Gasteiger partial charge in [-0.3, -0.25) is 15.0 Å². The Bertz CT molecular complexity index is 1080. The van der Waals surface area contributed by atoms with Gasteiger partial charge in [-0.15, -0.1) is 11.8 Å². The maximum absolute atomic E-state index is 13.2. The predicted octanol–water partition coefficient (Wildman–Crippen LogP) is 4.32. The Kier molecular flexibility index (Phi) is 7.15. The van der Waals surface area contributed by atoms with Gasteiger partial charge in [-0.2, -0.15) is 0 Å². The molecule has 9 nitrogen and oxygen atoms in total. The minimum Gasteiger partial charge on any atom is -0.465 e. The summed E-state index contributed by atoms with van der Waals surface area (Å²) in [6.45, 7) is 3.62. The quantitative estimate of drug-likeness (QED) is 0.433. The zero-order valence-electron chi connectivity index (χ0n) is 18.1. The largest absolute Gasteiger partial charge is 0.465 e. The first-order valence-electron chi connectivity index (χ1n) is 10.3. The van der Waals surface area contributed by atoms with Gasteiger partial charge in [0.15, 0.2) is 5.13 Å². The van der Waals surface area contributed by atoms with Crippen molar-refractivity contribution >= 4 is 67.9 Å². The lowest BCUT2D eigenvalue weighted by Crippen LogP contribution is -2.41. The average molecular weight is 555 g/mol. The molecule has 2 aliphatic rings. The molecule has 0 aliphatic carbocycles. The van der Waals surface area contributed by atoms with E-state index in [4.69, 9.17) is 9.47 Å². The van der Waals surface area contributed by atoms with Gasteiger partial charge in [-0.05, 0) is 37.1 Å². The molecular formula is C21H23BrN4O5S2. The third-order valence-corrected chi connectivity index (χ3v) is 8.22. The van der Waals surface area contributed by atoms with E-state index in [0.717, 1.165) is 26.4 Å². The topological polar surface area (TPSA) is 101 Å². The molecule has 2 aliphatic heterocycles. The van der Waals surface area contributed by atoms with Gasteiger partial charge in [-0.1, -0.05) is 27.3 Å². The fourth-order valence-corrected chi connectivity index (χ4v) is 6.23. The van der Waals surface area contributed by atoms with Gasteiger partial charge in [0.25, 0.3) is 0 Å². The molecule has 1 unspecified atom stereocenters. The summed E-state index contributed by atoms with van der Waals surface area (Å²) >= 11 is 6.16. The Morgan fingerprint density at radius 1 is 1.33 bits per heavy atom. The Morgan fingerprint density at radius 2 is 2.15 bits per heavy atom. The number of fused-ring (bicyclic) bond motifs is 2. The van der Waals surface area contributed by atoms with Crippen molar-refractivity contribution in [1.29, 1.82) is 0 Å². The standard InChI is InChI=1S/C21H23BrN4O5S2/c1-3-31-16(27)10-32-17-9-23-18(33-17)24-19(28)26-12-21(6-7-25(11-21)20(29)30-2)14-8-13(22)4-5-15(14)26/h4-5,8-9H,3,6-7,10-12H2,1-2H3,(H,23,24,28). The molecule has 1 aromatic heterocycles. The number of hydrogen-bond donors (Lipinski definition) is 1. The number of likely N-dealkylation sites (tertiary alicyclic amines) is 1. The molecule has 1 saturated heterocycles. The van der Waals surface area contributed by atoms with Gasteiger partial charge < -0.3 is 14.4 Å². The smallest absolute Gasteiger partial charge is 0.409 e. The molecule has 1 aromatic carbocycles. The third-order valence-electron chi connectivity index (χ3n) is 5.65. The van der Waals surface area contributed by atoms with Gasteiger partial charge >= 0.3 is 18.1 Å². The van der Waals surface area contributed by atoms with E-state index in [-0.39, 0.29) is 29.3 Å². The van der Waals surface area contributed by atoms with Crippen LogP contribution in [0.2, 0.25) is 0 Å². The number of aromatic nitrogens is 1. The summed E-state index contributed by atoms with van der Waals surface area (Å²) in [5.74, 6) is -0.0963. The molecular weight excluding hydrogens is 532 g/mol. The predicted molar refractivity (Wildman–Crippen MR) is 130 cm³/mol. The van der Waals surface area contributed by atoms with Crippen LogP contribution in [0.4, 0.5) is 20.4 Å². The zero-order chi connectivity index (χ0) is 23.6. The lowest BCUT2D eigenvalue weighted by Gasteiger charge is -2.25. The number of nitrogens with one attached hydrogen (secondary N) is 1. The molecule has 1 fully saturated rings. The van der Waals surface area contributed by atoms with Crippen molar-refractivity contribution in [1.82, 2.24) is 9.88 Å². The van der Waals surface area contributed by atoms with E-state index in [1.165, 1.54) is 30.2 Å². The number of thioether (sulfide) groups is 1. The number of carbonyl (C=O) groups is 3. The number of hydrogen-bond acceptors (Lipinski definition) is 8. The SMILES string of the molecule is CCOC(=O)CSc1cnc(NC(=O)N2CC3(CCN(C(=O)OC)C3)c3cc(Br)ccc32)s1. The summed E-state index contributed by atoms with van der Waals surface area (Å²) in [7, 11) is 1.37. The van der Waals surface area contributed by atoms with Crippen LogP contribution in [-0.2, 0) is 19.7 Å². The highest BCUT2D eigenvalue weighted by atomic mass is 79.9. The minimum atomic E-state index is -0.359. The summed E-state index contributed by atoms with van der Waals surface area (Å²) in [5, 5.41) is 3.32. The van der Waals surface area contributed by atoms with Crippen LogP contribution in [0.5, 0.6) is 0 Å². The number of esters is 1. The molecule has 3 heterocycles. The van der Waals surface area contributed by atoms with Crippen LogP contribution in [0.3, 0.4) is 0 Å². The molecule has 0 radical (unpaired) electrons. The summed E-state index contributed by atoms with van der Waals surface area (Å²) < 4.78 is 11.6. The van der Waals surface area contributed by atoms with Gasteiger partial charge in [0, 0.05) is 35.2 Å². The van der Waals surface area contributed by atoms with Crippen molar-refractivity contribution in [2.45, 2.75) is 23.0 Å². The first-order chi connectivity index (χ1) is 15.8. The van der Waals surface area contributed by atoms with Crippen LogP contribution in [-0.4, -0.2) is 67.1 Å². The molecule has 1 N–H and O–H groups in total. The monoisotopic (exact) mass is 554 g/mol. The Balaban J connectivity index is 1.48. The van der Waals surface area contributed by atoms with Crippen LogP contribution in [0.25, 0.3) is 0 Å². The summed E-state index contributed by atoms with van der Waals surface area (Å²) in [5.41, 5.74) is 1.49. The van der Waals surface area contributed by atoms with E-state index in [9.17, 15) is 14.4 Å². The van der Waals surface area contributed by atoms with Crippen LogP contribution in [0, 0.1) is 0 Å². The summed E-state index contributed by atoms with van der Waals surface area (Å²) in [6, 6.07) is 5.55. The number of benzene rings is 1. The number of anilines is 2. The van der Waals surface area contributed by atoms with E-state index in [2.05, 4.69) is 26.2 Å². The maximum atomic E-state index is 13.2. The first kappa shape index (κ1) is 23.8. The highest BCUT2D eigenvalue weighted by Crippen LogP contribution is 2.47. The van der Waals surface area contributed by atoms with Gasteiger partial charge in [0.05, 0.1) is 29.9 Å². The molecule has 1 spiro atoms. The number of ether oxygens (including phenoxy) is 2. The van der Waals surface area contributed by atoms with Crippen molar-refractivity contribution in [2.24, 2.45) is 0 Å². The van der Waals surface area contributed by atoms with Gasteiger partial charge in [-0.25, -0.2) is 14.6 Å². The van der Waals surface area contributed by atoms with Crippen LogP contribution in [0.15, 0.2) is 33.1 Å². The molecule has 2 aromatic rings. The number of thiazole rings is 1. The van der Waals surface area contributed by atoms with Gasteiger partial charge in [0.2, 0.25) is 0 Å². The molecule has 3 amide bonds. The number of nitrogens with zero attached hydrogens (tertiary/aromatic N) is 3. The maximum Gasteiger partial charge on any atom is 0.409 e. The number of carbonyl (C=O) groups excluding carboxylic acids is 3. The van der Waals surface area contributed by atoms with Crippen molar-refractivity contribution in [3.63, 3.8) is 0 Å². The fourth-order valence-electron chi connectivity index (χ4n) is 4.20. The van der Waals surface area contributed by atoms with Crippen LogP contribution in [0.1, 0.15) is 18.9 Å². The Hall–Kier alpha value is -2.31. The fraction of sp³-hybridized carbons (Fsp3) is 0.429. The van der Waals surface area contributed by atoms with Crippen molar-refractivity contribution < 1.29 is 23.9 Å². The van der Waals surface area contributed by atoms with E-state index in [1.54, 1.807) is 22.9 Å². The molecule has 4 rings (SSSR count). The number of halogens is 1. The first-order valence-corrected chi connectivity index (χ1v) is 12.9. The van der Waals surface area contributed by atoms with Crippen LogP contribution < -0.4 is 10.2 Å². The van der Waals surface area contributed by atoms with E-state index in [0.29, 0.717) is 31.4 Å². The summed E-state index contributed by atoms with van der Waals surface area (Å²) in [4.78, 5) is 44.5. The van der Waals surface area contributed by atoms with Crippen molar-refractivity contribution in [3.8, 4) is 0 Å². The van der Waals surface area contributed by atoms with E-state index >= 15 is 0 Å². The number of amides is 3. The second-order valence-electron chi connectivity index (χ2n) is 7.68. The third kappa shape index (κ3) is 4.97. The second-order valence-corrected chi connectivity index (χ2v) is 10.9.